The highest BCUT2D eigenvalue weighted by Crippen LogP contribution is 2.29. The van der Waals surface area contributed by atoms with Gasteiger partial charge in [-0.15, -0.1) is 24.8 Å². The van der Waals surface area contributed by atoms with E-state index in [0.717, 1.165) is 17.7 Å². The molecule has 0 bridgehead atoms. The van der Waals surface area contributed by atoms with E-state index in [1.54, 1.807) is 12.4 Å². The van der Waals surface area contributed by atoms with E-state index >= 15 is 0 Å². The molecule has 1 fully saturated rings. The summed E-state index contributed by atoms with van der Waals surface area (Å²) >= 11 is 6.36. The number of aryl methyl sites for hydroxylation is 1. The minimum Gasteiger partial charge on any atom is -0.339 e. The number of amides is 1. The van der Waals surface area contributed by atoms with Crippen LogP contribution in [0.15, 0.2) is 53.3 Å². The normalized spacial score (nSPS) is 15.8. The summed E-state index contributed by atoms with van der Waals surface area (Å²) in [6.45, 7) is 2.09. The number of benzene rings is 1. The second-order valence-corrected chi connectivity index (χ2v) is 6.98. The van der Waals surface area contributed by atoms with E-state index in [0.29, 0.717) is 42.7 Å². The van der Waals surface area contributed by atoms with Crippen molar-refractivity contribution in [3.05, 3.63) is 65.3 Å². The standard InChI is InChI=1S/C20H20ClN5O2.2ClH/c21-16-4-2-1-3-15(16)17-13-23-11-12-26(17)19(27)6-5-18-24-20(25-28-18)14-7-9-22-10-8-14;;/h1-4,7-10,17,23H,5-6,11-13H2;2*1H. The Labute approximate surface area is 192 Å². The third-order valence-electron chi connectivity index (χ3n) is 4.79. The summed E-state index contributed by atoms with van der Waals surface area (Å²) in [4.78, 5) is 23.1. The largest absolute Gasteiger partial charge is 0.339 e. The lowest BCUT2D eigenvalue weighted by Crippen LogP contribution is -2.48. The summed E-state index contributed by atoms with van der Waals surface area (Å²) < 4.78 is 5.30. The zero-order valence-electron chi connectivity index (χ0n) is 16.0. The van der Waals surface area contributed by atoms with Crippen LogP contribution in [0.25, 0.3) is 11.4 Å². The third-order valence-corrected chi connectivity index (χ3v) is 5.13. The van der Waals surface area contributed by atoms with Crippen molar-refractivity contribution in [2.24, 2.45) is 0 Å². The lowest BCUT2D eigenvalue weighted by molar-refractivity contribution is -0.134. The van der Waals surface area contributed by atoms with Crippen molar-refractivity contribution in [1.29, 1.82) is 0 Å². The molecule has 0 radical (unpaired) electrons. The molecule has 1 aliphatic heterocycles. The van der Waals surface area contributed by atoms with Gasteiger partial charge in [-0.25, -0.2) is 0 Å². The van der Waals surface area contributed by atoms with Crippen LogP contribution in [0.3, 0.4) is 0 Å². The van der Waals surface area contributed by atoms with Gasteiger partial charge in [-0.05, 0) is 23.8 Å². The number of hydrogen-bond donors (Lipinski definition) is 1. The van der Waals surface area contributed by atoms with Crippen molar-refractivity contribution in [3.8, 4) is 11.4 Å². The second kappa shape index (κ2) is 11.3. The second-order valence-electron chi connectivity index (χ2n) is 6.58. The first-order valence-corrected chi connectivity index (χ1v) is 9.58. The van der Waals surface area contributed by atoms with Gasteiger partial charge in [-0.3, -0.25) is 9.78 Å². The van der Waals surface area contributed by atoms with Crippen LogP contribution in [-0.4, -0.2) is 45.6 Å². The number of carbonyl (C=O) groups is 1. The Kier molecular flexibility index (Phi) is 9.05. The van der Waals surface area contributed by atoms with Gasteiger partial charge in [0.05, 0.1) is 6.04 Å². The van der Waals surface area contributed by atoms with Gasteiger partial charge in [-0.2, -0.15) is 4.98 Å². The highest BCUT2D eigenvalue weighted by atomic mass is 35.5. The zero-order chi connectivity index (χ0) is 19.3. The van der Waals surface area contributed by atoms with E-state index in [1.807, 2.05) is 41.3 Å². The van der Waals surface area contributed by atoms with Crippen molar-refractivity contribution >= 4 is 42.3 Å². The Balaban J connectivity index is 0.00000160. The molecule has 1 atom stereocenters. The number of piperazine rings is 1. The molecule has 1 unspecified atom stereocenters. The number of halogens is 3. The molecule has 3 aromatic rings. The van der Waals surface area contributed by atoms with Crippen LogP contribution in [0, 0.1) is 0 Å². The molecule has 10 heteroatoms. The predicted molar refractivity (Wildman–Crippen MR) is 119 cm³/mol. The van der Waals surface area contributed by atoms with E-state index in [4.69, 9.17) is 16.1 Å². The Morgan fingerprint density at radius 1 is 1.20 bits per heavy atom. The summed E-state index contributed by atoms with van der Waals surface area (Å²) in [5.41, 5.74) is 1.79. The maximum Gasteiger partial charge on any atom is 0.227 e. The van der Waals surface area contributed by atoms with Crippen molar-refractivity contribution in [3.63, 3.8) is 0 Å². The monoisotopic (exact) mass is 469 g/mol. The number of aromatic nitrogens is 3. The molecule has 0 spiro atoms. The topological polar surface area (TPSA) is 84.1 Å². The first-order chi connectivity index (χ1) is 13.7. The molecule has 1 saturated heterocycles. The van der Waals surface area contributed by atoms with Gasteiger partial charge < -0.3 is 14.7 Å². The molecule has 3 heterocycles. The van der Waals surface area contributed by atoms with Crippen LogP contribution in [0.4, 0.5) is 0 Å². The van der Waals surface area contributed by atoms with Crippen LogP contribution in [0.2, 0.25) is 5.02 Å². The van der Waals surface area contributed by atoms with E-state index in [-0.39, 0.29) is 36.8 Å². The summed E-state index contributed by atoms with van der Waals surface area (Å²) in [7, 11) is 0. The lowest BCUT2D eigenvalue weighted by atomic mass is 10.0. The van der Waals surface area contributed by atoms with Crippen molar-refractivity contribution in [1.82, 2.24) is 25.3 Å². The maximum atomic E-state index is 12.9. The zero-order valence-corrected chi connectivity index (χ0v) is 18.4. The quantitative estimate of drug-likeness (QED) is 0.611. The molecule has 7 nitrogen and oxygen atoms in total. The molecule has 1 aliphatic rings. The lowest BCUT2D eigenvalue weighted by Gasteiger charge is -2.37. The molecule has 30 heavy (non-hydrogen) atoms. The van der Waals surface area contributed by atoms with Gasteiger partial charge in [0, 0.05) is 55.5 Å². The molecule has 1 amide bonds. The number of nitrogens with zero attached hydrogens (tertiary/aromatic N) is 4. The van der Waals surface area contributed by atoms with Gasteiger partial charge in [0.15, 0.2) is 0 Å². The molecule has 0 aliphatic carbocycles. The number of carbonyl (C=O) groups excluding carboxylic acids is 1. The van der Waals surface area contributed by atoms with Gasteiger partial charge >= 0.3 is 0 Å². The Bertz CT molecular complexity index is 954. The molecular formula is C20H22Cl3N5O2. The highest BCUT2D eigenvalue weighted by molar-refractivity contribution is 6.31. The Morgan fingerprint density at radius 3 is 2.73 bits per heavy atom. The fourth-order valence-electron chi connectivity index (χ4n) is 3.36. The molecule has 0 saturated carbocycles. The Morgan fingerprint density at radius 2 is 1.97 bits per heavy atom. The minimum atomic E-state index is -0.0787. The molecule has 1 N–H and O–H groups in total. The van der Waals surface area contributed by atoms with E-state index in [1.165, 1.54) is 0 Å². The molecule has 2 aromatic heterocycles. The van der Waals surface area contributed by atoms with E-state index in [9.17, 15) is 4.79 Å². The number of hydrogen-bond acceptors (Lipinski definition) is 6. The molecular weight excluding hydrogens is 449 g/mol. The minimum absolute atomic E-state index is 0. The maximum absolute atomic E-state index is 12.9. The Hall–Kier alpha value is -2.19. The average Bonchev–Trinajstić information content (AvgIpc) is 3.22. The van der Waals surface area contributed by atoms with Crippen LogP contribution in [0.5, 0.6) is 0 Å². The third kappa shape index (κ3) is 5.49. The first kappa shape index (κ1) is 24.1. The molecule has 1 aromatic carbocycles. The van der Waals surface area contributed by atoms with Gasteiger partial charge in [0.25, 0.3) is 0 Å². The van der Waals surface area contributed by atoms with Gasteiger partial charge in [0.2, 0.25) is 17.6 Å². The predicted octanol–water partition coefficient (Wildman–Crippen LogP) is 3.73. The summed E-state index contributed by atoms with van der Waals surface area (Å²) in [6.07, 6.45) is 4.05. The van der Waals surface area contributed by atoms with Crippen LogP contribution in [0.1, 0.15) is 23.9 Å². The number of pyridine rings is 1. The van der Waals surface area contributed by atoms with Gasteiger partial charge in [-0.1, -0.05) is 35.0 Å². The smallest absolute Gasteiger partial charge is 0.227 e. The number of rotatable bonds is 5. The average molecular weight is 471 g/mol. The fraction of sp³-hybridized carbons (Fsp3) is 0.300. The molecule has 4 rings (SSSR count). The van der Waals surface area contributed by atoms with Crippen molar-refractivity contribution in [2.75, 3.05) is 19.6 Å². The SMILES string of the molecule is Cl.Cl.O=C(CCc1nc(-c2ccncc2)no1)N1CCNCC1c1ccccc1Cl. The van der Waals surface area contributed by atoms with Crippen molar-refractivity contribution in [2.45, 2.75) is 18.9 Å². The van der Waals surface area contributed by atoms with Crippen LogP contribution in [-0.2, 0) is 11.2 Å². The van der Waals surface area contributed by atoms with E-state index in [2.05, 4.69) is 20.4 Å². The highest BCUT2D eigenvalue weighted by Gasteiger charge is 2.29. The summed E-state index contributed by atoms with van der Waals surface area (Å²) in [5.74, 6) is 1.00. The van der Waals surface area contributed by atoms with Gasteiger partial charge in [0.1, 0.15) is 0 Å². The molecule has 160 valence electrons. The van der Waals surface area contributed by atoms with E-state index < -0.39 is 0 Å². The summed E-state index contributed by atoms with van der Waals surface area (Å²) in [6, 6.07) is 11.2. The van der Waals surface area contributed by atoms with Crippen LogP contribution < -0.4 is 5.32 Å². The summed E-state index contributed by atoms with van der Waals surface area (Å²) in [5, 5.41) is 8.00. The van der Waals surface area contributed by atoms with Crippen LogP contribution >= 0.6 is 36.4 Å². The van der Waals surface area contributed by atoms with Crippen molar-refractivity contribution < 1.29 is 9.32 Å². The number of nitrogens with one attached hydrogen (secondary N) is 1. The fourth-order valence-corrected chi connectivity index (χ4v) is 3.62. The first-order valence-electron chi connectivity index (χ1n) is 9.20.